The molecule has 0 saturated carbocycles. The van der Waals surface area contributed by atoms with Crippen LogP contribution in [0.4, 0.5) is 0 Å². The van der Waals surface area contributed by atoms with Gasteiger partial charge in [-0.2, -0.15) is 0 Å². The predicted octanol–water partition coefficient (Wildman–Crippen LogP) is -1.73. The van der Waals surface area contributed by atoms with E-state index in [0.717, 1.165) is 17.1 Å². The predicted molar refractivity (Wildman–Crippen MR) is 66.5 cm³/mol. The summed E-state index contributed by atoms with van der Waals surface area (Å²) in [6.45, 7) is 1.37. The van der Waals surface area contributed by atoms with Crippen LogP contribution in [-0.4, -0.2) is 79.4 Å². The molecule has 2 N–H and O–H groups in total. The van der Waals surface area contributed by atoms with Crippen molar-refractivity contribution in [1.82, 2.24) is 4.90 Å². The van der Waals surface area contributed by atoms with Gasteiger partial charge < -0.3 is 24.4 Å². The van der Waals surface area contributed by atoms with E-state index in [1.807, 2.05) is 0 Å². The highest BCUT2D eigenvalue weighted by Crippen LogP contribution is 2.07. The lowest BCUT2D eigenvalue weighted by atomic mass is 10.5. The van der Waals surface area contributed by atoms with Gasteiger partial charge >= 0.3 is 0 Å². The van der Waals surface area contributed by atoms with Crippen LogP contribution in [0.5, 0.6) is 0 Å². The monoisotopic (exact) mass is 289 g/mol. The molecule has 114 valence electrons. The first-order chi connectivity index (χ1) is 9.66. The minimum Gasteiger partial charge on any atom is -0.394 e. The number of rotatable bonds is 11. The highest BCUT2D eigenvalue weighted by molar-refractivity contribution is 6.13. The fraction of sp³-hybridized carbons (Fsp3) is 0.667. The zero-order valence-electron chi connectivity index (χ0n) is 11.1. The third kappa shape index (κ3) is 5.76. The van der Waals surface area contributed by atoms with Crippen molar-refractivity contribution in [3.63, 3.8) is 0 Å². The highest BCUT2D eigenvalue weighted by atomic mass is 16.5. The molecule has 0 aliphatic carbocycles. The van der Waals surface area contributed by atoms with Crippen LogP contribution in [-0.2, 0) is 23.8 Å². The zero-order valence-corrected chi connectivity index (χ0v) is 11.1. The van der Waals surface area contributed by atoms with Crippen molar-refractivity contribution in [1.29, 1.82) is 0 Å². The first-order valence-electron chi connectivity index (χ1n) is 6.24. The van der Waals surface area contributed by atoms with E-state index in [1.54, 1.807) is 0 Å². The van der Waals surface area contributed by atoms with Crippen molar-refractivity contribution in [2.24, 2.45) is 0 Å². The number of carbonyl (C=O) groups is 2. The summed E-state index contributed by atoms with van der Waals surface area (Å²) in [6, 6.07) is 0. The van der Waals surface area contributed by atoms with Gasteiger partial charge in [0.05, 0.1) is 46.2 Å². The second-order valence-corrected chi connectivity index (χ2v) is 3.88. The number of carbonyl (C=O) groups excluding carboxylic acids is 2. The van der Waals surface area contributed by atoms with Gasteiger partial charge in [0.15, 0.2) is 6.23 Å². The van der Waals surface area contributed by atoms with E-state index in [9.17, 15) is 14.7 Å². The Balaban J connectivity index is 1.99. The SMILES string of the molecule is O=C1C=CC(=O)N1[C@@H](O)COCCOCCOCCO. The number of aliphatic hydroxyl groups is 2. The average Bonchev–Trinajstić information content (AvgIpc) is 2.76. The summed E-state index contributed by atoms with van der Waals surface area (Å²) >= 11 is 0. The van der Waals surface area contributed by atoms with Crippen molar-refractivity contribution in [3.8, 4) is 0 Å². The summed E-state index contributed by atoms with van der Waals surface area (Å²) in [4.78, 5) is 23.2. The lowest BCUT2D eigenvalue weighted by Crippen LogP contribution is -2.42. The molecule has 0 unspecified atom stereocenters. The van der Waals surface area contributed by atoms with E-state index < -0.39 is 18.0 Å². The molecule has 1 aliphatic heterocycles. The number of hydrogen-bond acceptors (Lipinski definition) is 7. The van der Waals surface area contributed by atoms with E-state index in [4.69, 9.17) is 19.3 Å². The topological polar surface area (TPSA) is 106 Å². The normalized spacial score (nSPS) is 16.2. The molecule has 2 amide bonds. The van der Waals surface area contributed by atoms with Gasteiger partial charge in [-0.3, -0.25) is 9.59 Å². The van der Waals surface area contributed by atoms with E-state index in [-0.39, 0.29) is 26.4 Å². The van der Waals surface area contributed by atoms with Gasteiger partial charge in [0.1, 0.15) is 0 Å². The average molecular weight is 289 g/mol. The number of hydrogen-bond donors (Lipinski definition) is 2. The van der Waals surface area contributed by atoms with Gasteiger partial charge in [-0.1, -0.05) is 0 Å². The van der Waals surface area contributed by atoms with Crippen LogP contribution >= 0.6 is 0 Å². The maximum absolute atomic E-state index is 11.2. The van der Waals surface area contributed by atoms with Gasteiger partial charge in [0, 0.05) is 12.2 Å². The smallest absolute Gasteiger partial charge is 0.255 e. The van der Waals surface area contributed by atoms with Crippen LogP contribution in [0.25, 0.3) is 0 Å². The molecule has 0 aromatic carbocycles. The molecule has 0 aromatic rings. The number of amides is 2. The van der Waals surface area contributed by atoms with Gasteiger partial charge in [-0.25, -0.2) is 4.90 Å². The second-order valence-electron chi connectivity index (χ2n) is 3.88. The van der Waals surface area contributed by atoms with Crippen LogP contribution in [0.1, 0.15) is 0 Å². The van der Waals surface area contributed by atoms with Crippen molar-refractivity contribution >= 4 is 11.8 Å². The molecule has 0 radical (unpaired) electrons. The molecule has 0 aromatic heterocycles. The van der Waals surface area contributed by atoms with E-state index in [2.05, 4.69) is 0 Å². The molecule has 1 rings (SSSR count). The maximum Gasteiger partial charge on any atom is 0.255 e. The van der Waals surface area contributed by atoms with Crippen molar-refractivity contribution in [2.75, 3.05) is 46.2 Å². The van der Waals surface area contributed by atoms with Gasteiger partial charge in [0.2, 0.25) is 0 Å². The first-order valence-corrected chi connectivity index (χ1v) is 6.24. The van der Waals surface area contributed by atoms with E-state index in [0.29, 0.717) is 19.8 Å². The second kappa shape index (κ2) is 9.56. The third-order valence-electron chi connectivity index (χ3n) is 2.39. The van der Waals surface area contributed by atoms with Crippen LogP contribution < -0.4 is 0 Å². The molecular formula is C12H19NO7. The molecule has 0 fully saturated rings. The zero-order chi connectivity index (χ0) is 14.8. The fourth-order valence-electron chi connectivity index (χ4n) is 1.47. The minimum absolute atomic E-state index is 0.0240. The van der Waals surface area contributed by atoms with Crippen molar-refractivity contribution in [3.05, 3.63) is 12.2 Å². The quantitative estimate of drug-likeness (QED) is 0.344. The van der Waals surface area contributed by atoms with Crippen LogP contribution in [0.15, 0.2) is 12.2 Å². The Kier molecular flexibility index (Phi) is 8.00. The van der Waals surface area contributed by atoms with Gasteiger partial charge in [-0.15, -0.1) is 0 Å². The van der Waals surface area contributed by atoms with Crippen LogP contribution in [0.3, 0.4) is 0 Å². The molecule has 0 spiro atoms. The minimum atomic E-state index is -1.29. The Morgan fingerprint density at radius 3 is 2.00 bits per heavy atom. The van der Waals surface area contributed by atoms with Gasteiger partial charge in [0.25, 0.3) is 11.8 Å². The molecule has 0 bridgehead atoms. The molecule has 8 nitrogen and oxygen atoms in total. The van der Waals surface area contributed by atoms with Crippen LogP contribution in [0, 0.1) is 0 Å². The Bertz CT molecular complexity index is 327. The van der Waals surface area contributed by atoms with Crippen LogP contribution in [0.2, 0.25) is 0 Å². The largest absolute Gasteiger partial charge is 0.394 e. The molecule has 20 heavy (non-hydrogen) atoms. The Morgan fingerprint density at radius 2 is 1.45 bits per heavy atom. The molecular weight excluding hydrogens is 270 g/mol. The summed E-state index contributed by atoms with van der Waals surface area (Å²) in [5, 5.41) is 18.1. The third-order valence-corrected chi connectivity index (χ3v) is 2.39. The Hall–Kier alpha value is -1.32. The highest BCUT2D eigenvalue weighted by Gasteiger charge is 2.29. The molecule has 1 aliphatic rings. The first kappa shape index (κ1) is 16.7. The molecule has 8 heteroatoms. The summed E-state index contributed by atoms with van der Waals surface area (Å²) in [7, 11) is 0. The lowest BCUT2D eigenvalue weighted by Gasteiger charge is -2.20. The summed E-state index contributed by atoms with van der Waals surface area (Å²) < 4.78 is 15.2. The number of imide groups is 1. The maximum atomic E-state index is 11.2. The number of aliphatic hydroxyl groups excluding tert-OH is 2. The molecule has 0 saturated heterocycles. The van der Waals surface area contributed by atoms with Crippen molar-refractivity contribution < 1.29 is 34.0 Å². The number of ether oxygens (including phenoxy) is 3. The van der Waals surface area contributed by atoms with E-state index >= 15 is 0 Å². The molecule has 1 atom stereocenters. The fourth-order valence-corrected chi connectivity index (χ4v) is 1.47. The number of nitrogens with zero attached hydrogens (tertiary/aromatic N) is 1. The molecule has 1 heterocycles. The van der Waals surface area contributed by atoms with Gasteiger partial charge in [-0.05, 0) is 0 Å². The van der Waals surface area contributed by atoms with E-state index in [1.165, 1.54) is 0 Å². The standard InChI is InChI=1S/C12H19NO7/c14-3-4-18-5-6-19-7-8-20-9-12(17)13-10(15)1-2-11(13)16/h1-2,12,14,17H,3-9H2/t12-/m0/s1. The van der Waals surface area contributed by atoms with Crippen molar-refractivity contribution in [2.45, 2.75) is 6.23 Å². The summed E-state index contributed by atoms with van der Waals surface area (Å²) in [6.07, 6.45) is 0.903. The summed E-state index contributed by atoms with van der Waals surface area (Å²) in [5.41, 5.74) is 0. The summed E-state index contributed by atoms with van der Waals surface area (Å²) in [5.74, 6) is -1.10. The lowest BCUT2D eigenvalue weighted by molar-refractivity contribution is -0.152. The Labute approximate surface area is 116 Å². The Morgan fingerprint density at radius 1 is 0.950 bits per heavy atom.